The third kappa shape index (κ3) is 5.77. The molecule has 0 aliphatic heterocycles. The summed E-state index contributed by atoms with van der Waals surface area (Å²) in [7, 11) is 1.55. The predicted molar refractivity (Wildman–Crippen MR) is 104 cm³/mol. The van der Waals surface area contributed by atoms with Gasteiger partial charge in [0.2, 0.25) is 0 Å². The summed E-state index contributed by atoms with van der Waals surface area (Å²) in [5, 5.41) is 4.37. The first-order valence-corrected chi connectivity index (χ1v) is 8.79. The molecule has 1 unspecified atom stereocenters. The number of hydrogen-bond donors (Lipinski definition) is 1. The summed E-state index contributed by atoms with van der Waals surface area (Å²) in [4.78, 5) is 11.8. The Bertz CT molecular complexity index is 760. The maximum Gasteiger partial charge on any atom is 0.277 e. The Kier molecular flexibility index (Phi) is 7.48. The van der Waals surface area contributed by atoms with Crippen LogP contribution in [0, 0.1) is 0 Å². The highest BCUT2D eigenvalue weighted by molar-refractivity contribution is 6.32. The molecule has 0 heterocycles. The van der Waals surface area contributed by atoms with Gasteiger partial charge < -0.3 is 9.47 Å². The first-order chi connectivity index (χ1) is 12.5. The minimum atomic E-state index is -0.341. The summed E-state index contributed by atoms with van der Waals surface area (Å²) in [5.74, 6) is 1.40. The third-order valence-corrected chi connectivity index (χ3v) is 4.31. The van der Waals surface area contributed by atoms with E-state index in [4.69, 9.17) is 21.1 Å². The molecule has 26 heavy (non-hydrogen) atoms. The van der Waals surface area contributed by atoms with E-state index in [-0.39, 0.29) is 12.5 Å². The molecule has 0 fully saturated rings. The normalized spacial score (nSPS) is 12.0. The van der Waals surface area contributed by atoms with Gasteiger partial charge in [-0.2, -0.15) is 5.10 Å². The minimum Gasteiger partial charge on any atom is -0.495 e. The van der Waals surface area contributed by atoms with Crippen molar-refractivity contribution in [1.82, 2.24) is 5.43 Å². The number of carbonyl (C=O) groups excluding carboxylic acids is 1. The molecule has 0 radical (unpaired) electrons. The second-order valence-electron chi connectivity index (χ2n) is 5.85. The van der Waals surface area contributed by atoms with Crippen molar-refractivity contribution >= 4 is 23.7 Å². The summed E-state index contributed by atoms with van der Waals surface area (Å²) in [6.07, 6.45) is 2.59. The number of hydrogen-bond acceptors (Lipinski definition) is 4. The Morgan fingerprint density at radius 1 is 1.27 bits per heavy atom. The first-order valence-electron chi connectivity index (χ1n) is 8.41. The quantitative estimate of drug-likeness (QED) is 0.550. The second-order valence-corrected chi connectivity index (χ2v) is 6.26. The van der Waals surface area contributed by atoms with Crippen molar-refractivity contribution in [2.45, 2.75) is 26.2 Å². The maximum absolute atomic E-state index is 11.8. The summed E-state index contributed by atoms with van der Waals surface area (Å²) in [6, 6.07) is 13.0. The number of carbonyl (C=O) groups is 1. The molecule has 0 saturated carbocycles. The molecule has 5 nitrogen and oxygen atoms in total. The number of hydrazone groups is 1. The Morgan fingerprint density at radius 2 is 2.00 bits per heavy atom. The zero-order valence-corrected chi connectivity index (χ0v) is 15.9. The molecular weight excluding hydrogens is 352 g/mol. The van der Waals surface area contributed by atoms with Gasteiger partial charge in [0.15, 0.2) is 6.61 Å². The minimum absolute atomic E-state index is 0.108. The number of nitrogens with one attached hydrogen (secondary N) is 1. The summed E-state index contributed by atoms with van der Waals surface area (Å²) in [5.41, 5.74) is 4.42. The fourth-order valence-corrected chi connectivity index (χ4v) is 2.52. The van der Waals surface area contributed by atoms with E-state index in [1.807, 2.05) is 24.3 Å². The molecule has 2 aromatic carbocycles. The smallest absolute Gasteiger partial charge is 0.277 e. The standard InChI is InChI=1S/C20H23ClN2O3/c1-4-14(2)16-6-8-17(9-7-16)26-13-20(24)23-22-12-15-5-10-19(25-3)18(21)11-15/h5-12,14H,4,13H2,1-3H3,(H,23,24). The molecule has 1 atom stereocenters. The van der Waals surface area contributed by atoms with Gasteiger partial charge in [0, 0.05) is 0 Å². The maximum atomic E-state index is 11.8. The van der Waals surface area contributed by atoms with E-state index in [1.165, 1.54) is 11.8 Å². The molecule has 0 aliphatic carbocycles. The first kappa shape index (κ1) is 19.8. The van der Waals surface area contributed by atoms with Crippen molar-refractivity contribution in [2.75, 3.05) is 13.7 Å². The van der Waals surface area contributed by atoms with Gasteiger partial charge in [-0.05, 0) is 53.8 Å². The Hall–Kier alpha value is -2.53. The Labute approximate surface area is 159 Å². The second kappa shape index (κ2) is 9.82. The Balaban J connectivity index is 1.80. The van der Waals surface area contributed by atoms with Gasteiger partial charge in [0.1, 0.15) is 11.5 Å². The summed E-state index contributed by atoms with van der Waals surface area (Å²) >= 11 is 6.03. The van der Waals surface area contributed by atoms with Gasteiger partial charge in [-0.3, -0.25) is 4.79 Å². The van der Waals surface area contributed by atoms with E-state index in [0.29, 0.717) is 22.4 Å². The van der Waals surface area contributed by atoms with E-state index in [0.717, 1.165) is 12.0 Å². The molecule has 1 N–H and O–H groups in total. The number of halogens is 1. The highest BCUT2D eigenvalue weighted by Crippen LogP contribution is 2.24. The van der Waals surface area contributed by atoms with Crippen LogP contribution in [0.1, 0.15) is 37.3 Å². The van der Waals surface area contributed by atoms with Crippen LogP contribution in [0.25, 0.3) is 0 Å². The van der Waals surface area contributed by atoms with Crippen LogP contribution in [0.2, 0.25) is 5.02 Å². The van der Waals surface area contributed by atoms with Crippen molar-refractivity contribution < 1.29 is 14.3 Å². The van der Waals surface area contributed by atoms with Crippen LogP contribution in [0.3, 0.4) is 0 Å². The zero-order valence-electron chi connectivity index (χ0n) is 15.2. The molecule has 2 rings (SSSR count). The molecular formula is C20H23ClN2O3. The van der Waals surface area contributed by atoms with Crippen LogP contribution < -0.4 is 14.9 Å². The van der Waals surface area contributed by atoms with Crippen molar-refractivity contribution in [3.8, 4) is 11.5 Å². The lowest BCUT2D eigenvalue weighted by molar-refractivity contribution is -0.123. The molecule has 0 saturated heterocycles. The van der Waals surface area contributed by atoms with Crippen LogP contribution in [0.5, 0.6) is 11.5 Å². The van der Waals surface area contributed by atoms with Crippen LogP contribution in [0.15, 0.2) is 47.6 Å². The molecule has 6 heteroatoms. The molecule has 138 valence electrons. The molecule has 0 bridgehead atoms. The van der Waals surface area contributed by atoms with E-state index in [9.17, 15) is 4.79 Å². The Morgan fingerprint density at radius 3 is 2.62 bits per heavy atom. The van der Waals surface area contributed by atoms with Crippen molar-refractivity contribution in [2.24, 2.45) is 5.10 Å². The predicted octanol–water partition coefficient (Wildman–Crippen LogP) is 4.39. The topological polar surface area (TPSA) is 59.9 Å². The van der Waals surface area contributed by atoms with E-state index in [1.54, 1.807) is 25.3 Å². The number of methoxy groups -OCH3 is 1. The van der Waals surface area contributed by atoms with E-state index >= 15 is 0 Å². The molecule has 2 aromatic rings. The van der Waals surface area contributed by atoms with Gasteiger partial charge in [0.25, 0.3) is 5.91 Å². The highest BCUT2D eigenvalue weighted by atomic mass is 35.5. The van der Waals surface area contributed by atoms with Gasteiger partial charge in [-0.1, -0.05) is 37.6 Å². The van der Waals surface area contributed by atoms with Crippen LogP contribution in [-0.4, -0.2) is 25.8 Å². The zero-order chi connectivity index (χ0) is 18.9. The van der Waals surface area contributed by atoms with E-state index < -0.39 is 0 Å². The van der Waals surface area contributed by atoms with Gasteiger partial charge in [-0.25, -0.2) is 5.43 Å². The van der Waals surface area contributed by atoms with Crippen molar-refractivity contribution in [1.29, 1.82) is 0 Å². The van der Waals surface area contributed by atoms with Gasteiger partial charge in [0.05, 0.1) is 18.3 Å². The fourth-order valence-electron chi connectivity index (χ4n) is 2.25. The van der Waals surface area contributed by atoms with Crippen LogP contribution >= 0.6 is 11.6 Å². The molecule has 0 aliphatic rings. The third-order valence-electron chi connectivity index (χ3n) is 4.01. The van der Waals surface area contributed by atoms with Crippen molar-refractivity contribution in [3.05, 3.63) is 58.6 Å². The monoisotopic (exact) mass is 374 g/mol. The molecule has 0 spiro atoms. The average molecular weight is 375 g/mol. The van der Waals surface area contributed by atoms with Crippen LogP contribution in [0.4, 0.5) is 0 Å². The number of nitrogens with zero attached hydrogens (tertiary/aromatic N) is 1. The lowest BCUT2D eigenvalue weighted by atomic mass is 9.99. The number of rotatable bonds is 8. The van der Waals surface area contributed by atoms with E-state index in [2.05, 4.69) is 24.4 Å². The van der Waals surface area contributed by atoms with Gasteiger partial charge in [-0.15, -0.1) is 0 Å². The number of ether oxygens (including phenoxy) is 2. The highest BCUT2D eigenvalue weighted by Gasteiger charge is 2.05. The molecule has 0 aromatic heterocycles. The summed E-state index contributed by atoms with van der Waals surface area (Å²) < 4.78 is 10.5. The molecule has 1 amide bonds. The lowest BCUT2D eigenvalue weighted by Gasteiger charge is -2.10. The van der Waals surface area contributed by atoms with Gasteiger partial charge >= 0.3 is 0 Å². The van der Waals surface area contributed by atoms with Crippen LogP contribution in [-0.2, 0) is 4.79 Å². The number of amides is 1. The lowest BCUT2D eigenvalue weighted by Crippen LogP contribution is -2.24. The largest absolute Gasteiger partial charge is 0.495 e. The number of benzene rings is 2. The summed E-state index contributed by atoms with van der Waals surface area (Å²) in [6.45, 7) is 4.22. The average Bonchev–Trinajstić information content (AvgIpc) is 2.66. The van der Waals surface area contributed by atoms with Crippen molar-refractivity contribution in [3.63, 3.8) is 0 Å². The SMILES string of the molecule is CCC(C)c1ccc(OCC(=O)NN=Cc2ccc(OC)c(Cl)c2)cc1. The fraction of sp³-hybridized carbons (Fsp3) is 0.300.